The van der Waals surface area contributed by atoms with Crippen molar-refractivity contribution in [2.75, 3.05) is 33.9 Å². The van der Waals surface area contributed by atoms with Gasteiger partial charge in [-0.15, -0.1) is 0 Å². The number of carbonyl (C=O) groups is 2. The summed E-state index contributed by atoms with van der Waals surface area (Å²) in [6.45, 7) is -0.101. The Balaban J connectivity index is 1.53. The summed E-state index contributed by atoms with van der Waals surface area (Å²) in [4.78, 5) is 29.2. The highest BCUT2D eigenvalue weighted by atomic mass is 16.5. The number of methoxy groups -OCH3 is 2. The van der Waals surface area contributed by atoms with Crippen molar-refractivity contribution in [2.45, 2.75) is 69.3 Å². The zero-order chi connectivity index (χ0) is 30.5. The number of carbonyl (C=O) groups excluding carboxylic acids is 2. The first kappa shape index (κ1) is 30.8. The number of benzene rings is 2. The van der Waals surface area contributed by atoms with Gasteiger partial charge in [0, 0.05) is 30.6 Å². The molecule has 4 atom stereocenters. The third kappa shape index (κ3) is 6.51. The van der Waals surface area contributed by atoms with E-state index in [1.807, 2.05) is 24.3 Å². The van der Waals surface area contributed by atoms with Crippen molar-refractivity contribution < 1.29 is 39.1 Å². The van der Waals surface area contributed by atoms with E-state index in [1.165, 1.54) is 7.11 Å². The second-order valence-electron chi connectivity index (χ2n) is 11.6. The number of hydrogen-bond acceptors (Lipinski definition) is 8. The number of fused-ring (bicyclic) bond motifs is 3. The zero-order valence-corrected chi connectivity index (χ0v) is 24.8. The molecule has 0 spiro atoms. The maximum Gasteiger partial charge on any atom is 0.247 e. The number of nitrogens with zero attached hydrogens (tertiary/aromatic N) is 1. The predicted molar refractivity (Wildman–Crippen MR) is 159 cm³/mol. The summed E-state index contributed by atoms with van der Waals surface area (Å²) in [5.74, 6) is 0.659. The molecule has 10 nitrogen and oxygen atoms in total. The van der Waals surface area contributed by atoms with E-state index in [2.05, 4.69) is 5.32 Å². The molecular formula is C33H42N2O8. The average molecular weight is 595 g/mol. The van der Waals surface area contributed by atoms with Crippen molar-refractivity contribution in [3.8, 4) is 17.2 Å². The maximum absolute atomic E-state index is 14.0. The average Bonchev–Trinajstić information content (AvgIpc) is 3.68. The number of ether oxygens (including phenoxy) is 3. The Bertz CT molecular complexity index is 1340. The molecule has 4 N–H and O–H groups in total. The molecule has 4 unspecified atom stereocenters. The van der Waals surface area contributed by atoms with Crippen LogP contribution in [0.25, 0.3) is 0 Å². The number of aliphatic hydroxyl groups excluding tert-OH is 3. The number of aliphatic hydroxyl groups is 3. The van der Waals surface area contributed by atoms with Crippen LogP contribution < -0.4 is 19.5 Å². The molecule has 0 bridgehead atoms. The topological polar surface area (TPSA) is 138 Å². The predicted octanol–water partition coefficient (Wildman–Crippen LogP) is 2.47. The van der Waals surface area contributed by atoms with Gasteiger partial charge in [-0.05, 0) is 66.6 Å². The van der Waals surface area contributed by atoms with Crippen LogP contribution >= 0.6 is 0 Å². The lowest BCUT2D eigenvalue weighted by molar-refractivity contribution is -0.138. The van der Waals surface area contributed by atoms with Crippen LogP contribution in [0.15, 0.2) is 48.0 Å². The first-order valence-electron chi connectivity index (χ1n) is 15.1. The van der Waals surface area contributed by atoms with Crippen LogP contribution in [0.1, 0.15) is 54.7 Å². The van der Waals surface area contributed by atoms with Gasteiger partial charge < -0.3 is 39.7 Å². The molecule has 232 valence electrons. The van der Waals surface area contributed by atoms with Crippen LogP contribution in [0.4, 0.5) is 0 Å². The quantitative estimate of drug-likeness (QED) is 0.294. The molecule has 5 rings (SSSR count). The fourth-order valence-corrected chi connectivity index (χ4v) is 6.72. The summed E-state index contributed by atoms with van der Waals surface area (Å²) in [5.41, 5.74) is 2.52. The lowest BCUT2D eigenvalue weighted by atomic mass is 9.77. The molecule has 10 heteroatoms. The minimum Gasteiger partial charge on any atom is -0.497 e. The van der Waals surface area contributed by atoms with E-state index >= 15 is 0 Å². The second-order valence-corrected chi connectivity index (χ2v) is 11.6. The Morgan fingerprint density at radius 3 is 2.56 bits per heavy atom. The van der Waals surface area contributed by atoms with E-state index in [9.17, 15) is 24.9 Å². The van der Waals surface area contributed by atoms with Gasteiger partial charge in [0.15, 0.2) is 11.5 Å². The Morgan fingerprint density at radius 1 is 1.07 bits per heavy atom. The highest BCUT2D eigenvalue weighted by Crippen LogP contribution is 2.51. The zero-order valence-electron chi connectivity index (χ0n) is 24.8. The van der Waals surface area contributed by atoms with Gasteiger partial charge in [0.05, 0.1) is 39.4 Å². The molecule has 2 aromatic rings. The Kier molecular flexibility index (Phi) is 9.90. The molecule has 1 aliphatic heterocycles. The van der Waals surface area contributed by atoms with E-state index in [-0.39, 0.29) is 25.7 Å². The molecule has 2 amide bonds. The first-order chi connectivity index (χ1) is 20.9. The van der Waals surface area contributed by atoms with Crippen molar-refractivity contribution in [3.63, 3.8) is 0 Å². The summed E-state index contributed by atoms with van der Waals surface area (Å²) in [7, 11) is 3.10. The SMILES string of the molecule is COc1cccc(CCN(C(=O)CC2CCCC2)C2C=C(C(=O)NCCO)C3c4cc(CO)cc(OC)c4OC3C2O)c1. The van der Waals surface area contributed by atoms with Gasteiger partial charge in [-0.2, -0.15) is 0 Å². The summed E-state index contributed by atoms with van der Waals surface area (Å²) in [6, 6.07) is 10.3. The van der Waals surface area contributed by atoms with E-state index in [0.717, 1.165) is 37.0 Å². The molecule has 1 fully saturated rings. The highest BCUT2D eigenvalue weighted by molar-refractivity contribution is 5.96. The molecule has 0 saturated heterocycles. The van der Waals surface area contributed by atoms with E-state index < -0.39 is 30.1 Å². The number of amides is 2. The van der Waals surface area contributed by atoms with Crippen molar-refractivity contribution in [1.29, 1.82) is 0 Å². The molecule has 2 aliphatic carbocycles. The van der Waals surface area contributed by atoms with Gasteiger partial charge in [0.25, 0.3) is 0 Å². The van der Waals surface area contributed by atoms with Crippen LogP contribution in [0, 0.1) is 5.92 Å². The van der Waals surface area contributed by atoms with E-state index in [4.69, 9.17) is 14.2 Å². The number of rotatable bonds is 12. The van der Waals surface area contributed by atoms with Gasteiger partial charge in [-0.25, -0.2) is 0 Å². The Hall–Kier alpha value is -3.60. The standard InChI is InChI=1S/C33H42N2O8/c1-41-23-9-5-8-21(14-23)10-12-35(28(38)17-20-6-3-4-7-20)26-18-25(33(40)34-11-13-36)29-24-15-22(19-37)16-27(42-2)31(24)43-32(29)30(26)39/h5,8-9,14-16,18,20,26,29-30,32,36-37,39H,3-4,6-7,10-13,17,19H2,1-2H3,(H,34,40). The van der Waals surface area contributed by atoms with Crippen LogP contribution in [0.2, 0.25) is 0 Å². The van der Waals surface area contributed by atoms with Crippen molar-refractivity contribution in [2.24, 2.45) is 5.92 Å². The normalized spacial score (nSPS) is 22.7. The summed E-state index contributed by atoms with van der Waals surface area (Å²) in [6.07, 6.45) is 4.80. The fraction of sp³-hybridized carbons (Fsp3) is 0.515. The van der Waals surface area contributed by atoms with Crippen LogP contribution in [-0.2, 0) is 22.6 Å². The van der Waals surface area contributed by atoms with E-state index in [1.54, 1.807) is 30.2 Å². The monoisotopic (exact) mass is 594 g/mol. The molecule has 2 aromatic carbocycles. The third-order valence-electron chi connectivity index (χ3n) is 8.89. The summed E-state index contributed by atoms with van der Waals surface area (Å²) >= 11 is 0. The van der Waals surface area contributed by atoms with E-state index in [0.29, 0.717) is 53.5 Å². The van der Waals surface area contributed by atoms with Crippen molar-refractivity contribution in [1.82, 2.24) is 10.2 Å². The minimum atomic E-state index is -1.15. The smallest absolute Gasteiger partial charge is 0.247 e. The Labute approximate surface area is 252 Å². The molecule has 1 saturated carbocycles. The van der Waals surface area contributed by atoms with Gasteiger partial charge >= 0.3 is 0 Å². The van der Waals surface area contributed by atoms with Gasteiger partial charge in [-0.3, -0.25) is 9.59 Å². The van der Waals surface area contributed by atoms with Gasteiger partial charge in [0.1, 0.15) is 18.0 Å². The van der Waals surface area contributed by atoms with Crippen molar-refractivity contribution in [3.05, 3.63) is 64.7 Å². The molecule has 3 aliphatic rings. The molecule has 43 heavy (non-hydrogen) atoms. The van der Waals surface area contributed by atoms with Crippen LogP contribution in [0.5, 0.6) is 17.2 Å². The maximum atomic E-state index is 14.0. The lowest BCUT2D eigenvalue weighted by Crippen LogP contribution is -2.56. The van der Waals surface area contributed by atoms with Gasteiger partial charge in [0.2, 0.25) is 11.8 Å². The second kappa shape index (κ2) is 13.8. The lowest BCUT2D eigenvalue weighted by Gasteiger charge is -2.41. The first-order valence-corrected chi connectivity index (χ1v) is 15.1. The summed E-state index contributed by atoms with van der Waals surface area (Å²) in [5, 5.41) is 33.9. The third-order valence-corrected chi connectivity index (χ3v) is 8.89. The molecule has 1 heterocycles. The van der Waals surface area contributed by atoms with Crippen molar-refractivity contribution >= 4 is 11.8 Å². The van der Waals surface area contributed by atoms with Crippen LogP contribution in [-0.4, -0.2) is 84.2 Å². The largest absolute Gasteiger partial charge is 0.497 e. The Morgan fingerprint density at radius 2 is 1.86 bits per heavy atom. The fourth-order valence-electron chi connectivity index (χ4n) is 6.72. The summed E-state index contributed by atoms with van der Waals surface area (Å²) < 4.78 is 17.3. The number of nitrogens with one attached hydrogen (secondary N) is 1. The minimum absolute atomic E-state index is 0.0503. The molecule has 0 aromatic heterocycles. The van der Waals surface area contributed by atoms with Gasteiger partial charge in [-0.1, -0.05) is 25.0 Å². The highest BCUT2D eigenvalue weighted by Gasteiger charge is 2.51. The molecule has 0 radical (unpaired) electrons. The number of hydrogen-bond donors (Lipinski definition) is 4. The van der Waals surface area contributed by atoms with Crippen LogP contribution in [0.3, 0.4) is 0 Å². The molecular weight excluding hydrogens is 552 g/mol.